The fourth-order valence-electron chi connectivity index (χ4n) is 1.63. The van der Waals surface area contributed by atoms with Gasteiger partial charge in [0.05, 0.1) is 12.6 Å². The van der Waals surface area contributed by atoms with E-state index in [4.69, 9.17) is 4.74 Å². The number of hydrogen-bond donors (Lipinski definition) is 1. The third kappa shape index (κ3) is 5.29. The first kappa shape index (κ1) is 14.1. The standard InChI is InChI=1S/C14H22FNO/c1-3-9-16-14(11-17-10-4-2)12-5-7-13(15)8-6-12/h5-8,14,16H,3-4,9-11H2,1-2H3. The zero-order valence-corrected chi connectivity index (χ0v) is 10.7. The molecule has 1 rings (SSSR count). The van der Waals surface area contributed by atoms with Crippen LogP contribution in [-0.4, -0.2) is 19.8 Å². The van der Waals surface area contributed by atoms with Gasteiger partial charge in [-0.3, -0.25) is 0 Å². The molecule has 0 saturated heterocycles. The molecule has 17 heavy (non-hydrogen) atoms. The van der Waals surface area contributed by atoms with Gasteiger partial charge in [-0.05, 0) is 37.1 Å². The average Bonchev–Trinajstić information content (AvgIpc) is 2.35. The molecule has 1 atom stereocenters. The van der Waals surface area contributed by atoms with Crippen molar-refractivity contribution in [2.75, 3.05) is 19.8 Å². The summed E-state index contributed by atoms with van der Waals surface area (Å²) in [5.74, 6) is -0.197. The second kappa shape index (κ2) is 8.20. The van der Waals surface area contributed by atoms with E-state index in [9.17, 15) is 4.39 Å². The molecule has 0 heterocycles. The monoisotopic (exact) mass is 239 g/mol. The Balaban J connectivity index is 2.57. The highest BCUT2D eigenvalue weighted by Crippen LogP contribution is 2.14. The van der Waals surface area contributed by atoms with Gasteiger partial charge in [-0.1, -0.05) is 26.0 Å². The van der Waals surface area contributed by atoms with Crippen molar-refractivity contribution in [2.24, 2.45) is 0 Å². The molecule has 0 amide bonds. The Morgan fingerprint density at radius 1 is 1.18 bits per heavy atom. The van der Waals surface area contributed by atoms with E-state index in [2.05, 4.69) is 19.2 Å². The van der Waals surface area contributed by atoms with Crippen molar-refractivity contribution in [1.29, 1.82) is 0 Å². The molecule has 0 aromatic heterocycles. The predicted molar refractivity (Wildman–Crippen MR) is 68.5 cm³/mol. The van der Waals surface area contributed by atoms with Gasteiger partial charge in [-0.15, -0.1) is 0 Å². The van der Waals surface area contributed by atoms with Crippen molar-refractivity contribution in [3.05, 3.63) is 35.6 Å². The molecule has 0 radical (unpaired) electrons. The Kier molecular flexibility index (Phi) is 6.82. The topological polar surface area (TPSA) is 21.3 Å². The van der Waals surface area contributed by atoms with E-state index in [1.807, 2.05) is 12.1 Å². The minimum atomic E-state index is -0.197. The summed E-state index contributed by atoms with van der Waals surface area (Å²) in [5.41, 5.74) is 1.08. The molecule has 0 spiro atoms. The van der Waals surface area contributed by atoms with Crippen LogP contribution in [0.15, 0.2) is 24.3 Å². The third-order valence-electron chi connectivity index (χ3n) is 2.55. The van der Waals surface area contributed by atoms with Gasteiger partial charge in [0.15, 0.2) is 0 Å². The summed E-state index contributed by atoms with van der Waals surface area (Å²) in [5, 5.41) is 3.42. The van der Waals surface area contributed by atoms with Crippen LogP contribution < -0.4 is 5.32 Å². The molecule has 1 aromatic carbocycles. The van der Waals surface area contributed by atoms with E-state index < -0.39 is 0 Å². The van der Waals surface area contributed by atoms with Crippen LogP contribution in [0.4, 0.5) is 4.39 Å². The smallest absolute Gasteiger partial charge is 0.123 e. The fraction of sp³-hybridized carbons (Fsp3) is 0.571. The molecule has 0 aliphatic heterocycles. The normalized spacial score (nSPS) is 12.6. The predicted octanol–water partition coefficient (Wildman–Crippen LogP) is 3.29. The van der Waals surface area contributed by atoms with E-state index in [0.717, 1.165) is 31.6 Å². The molecular weight excluding hydrogens is 217 g/mol. The average molecular weight is 239 g/mol. The zero-order valence-electron chi connectivity index (χ0n) is 10.7. The van der Waals surface area contributed by atoms with Crippen LogP contribution in [-0.2, 0) is 4.74 Å². The summed E-state index contributed by atoms with van der Waals surface area (Å²) in [6, 6.07) is 6.78. The number of nitrogens with one attached hydrogen (secondary N) is 1. The molecule has 0 saturated carbocycles. The second-order valence-electron chi connectivity index (χ2n) is 4.13. The number of ether oxygens (including phenoxy) is 1. The first-order valence-electron chi connectivity index (χ1n) is 6.34. The van der Waals surface area contributed by atoms with Gasteiger partial charge < -0.3 is 10.1 Å². The number of benzene rings is 1. The highest BCUT2D eigenvalue weighted by molar-refractivity contribution is 5.20. The largest absolute Gasteiger partial charge is 0.379 e. The van der Waals surface area contributed by atoms with Gasteiger partial charge >= 0.3 is 0 Å². The SMILES string of the molecule is CCCNC(COCCC)c1ccc(F)cc1. The Bertz CT molecular complexity index is 300. The van der Waals surface area contributed by atoms with E-state index in [1.54, 1.807) is 0 Å². The first-order chi connectivity index (χ1) is 8.27. The van der Waals surface area contributed by atoms with E-state index in [1.165, 1.54) is 12.1 Å². The maximum atomic E-state index is 12.9. The summed E-state index contributed by atoms with van der Waals surface area (Å²) >= 11 is 0. The van der Waals surface area contributed by atoms with Crippen LogP contribution in [0.1, 0.15) is 38.3 Å². The Hall–Kier alpha value is -0.930. The molecule has 0 fully saturated rings. The van der Waals surface area contributed by atoms with Crippen molar-refractivity contribution in [3.63, 3.8) is 0 Å². The number of halogens is 1. The van der Waals surface area contributed by atoms with Crippen molar-refractivity contribution in [2.45, 2.75) is 32.7 Å². The lowest BCUT2D eigenvalue weighted by molar-refractivity contribution is 0.112. The van der Waals surface area contributed by atoms with Crippen LogP contribution >= 0.6 is 0 Å². The highest BCUT2D eigenvalue weighted by Gasteiger charge is 2.10. The highest BCUT2D eigenvalue weighted by atomic mass is 19.1. The maximum absolute atomic E-state index is 12.9. The number of hydrogen-bond acceptors (Lipinski definition) is 2. The zero-order chi connectivity index (χ0) is 12.5. The summed E-state index contributed by atoms with van der Waals surface area (Å²) in [7, 11) is 0. The van der Waals surface area contributed by atoms with E-state index >= 15 is 0 Å². The molecule has 1 aromatic rings. The Morgan fingerprint density at radius 3 is 2.47 bits per heavy atom. The minimum Gasteiger partial charge on any atom is -0.379 e. The van der Waals surface area contributed by atoms with E-state index in [0.29, 0.717) is 6.61 Å². The second-order valence-corrected chi connectivity index (χ2v) is 4.13. The lowest BCUT2D eigenvalue weighted by atomic mass is 10.1. The number of rotatable bonds is 8. The lowest BCUT2D eigenvalue weighted by Crippen LogP contribution is -2.26. The van der Waals surface area contributed by atoms with Crippen LogP contribution in [0.2, 0.25) is 0 Å². The molecule has 1 N–H and O–H groups in total. The van der Waals surface area contributed by atoms with Gasteiger partial charge in [-0.2, -0.15) is 0 Å². The van der Waals surface area contributed by atoms with Crippen LogP contribution in [0.3, 0.4) is 0 Å². The summed E-state index contributed by atoms with van der Waals surface area (Å²) in [4.78, 5) is 0. The van der Waals surface area contributed by atoms with Crippen molar-refractivity contribution < 1.29 is 9.13 Å². The van der Waals surface area contributed by atoms with E-state index in [-0.39, 0.29) is 11.9 Å². The lowest BCUT2D eigenvalue weighted by Gasteiger charge is -2.19. The van der Waals surface area contributed by atoms with Gasteiger partial charge in [0.2, 0.25) is 0 Å². The molecule has 2 nitrogen and oxygen atoms in total. The Labute approximate surface area is 103 Å². The summed E-state index contributed by atoms with van der Waals surface area (Å²) in [6.07, 6.45) is 2.09. The third-order valence-corrected chi connectivity index (χ3v) is 2.55. The maximum Gasteiger partial charge on any atom is 0.123 e. The van der Waals surface area contributed by atoms with Gasteiger partial charge in [0.25, 0.3) is 0 Å². The molecule has 96 valence electrons. The summed E-state index contributed by atoms with van der Waals surface area (Å²) in [6.45, 7) is 6.57. The Morgan fingerprint density at radius 2 is 1.88 bits per heavy atom. The van der Waals surface area contributed by atoms with Crippen LogP contribution in [0, 0.1) is 5.82 Å². The molecule has 1 unspecified atom stereocenters. The molecular formula is C14H22FNO. The van der Waals surface area contributed by atoms with Crippen LogP contribution in [0.5, 0.6) is 0 Å². The van der Waals surface area contributed by atoms with Crippen molar-refractivity contribution in [3.8, 4) is 0 Å². The van der Waals surface area contributed by atoms with Crippen molar-refractivity contribution >= 4 is 0 Å². The minimum absolute atomic E-state index is 0.155. The molecule has 3 heteroatoms. The quantitative estimate of drug-likeness (QED) is 0.703. The first-order valence-corrected chi connectivity index (χ1v) is 6.34. The molecule has 0 aliphatic rings. The molecule has 0 bridgehead atoms. The van der Waals surface area contributed by atoms with Gasteiger partial charge in [0, 0.05) is 6.61 Å². The van der Waals surface area contributed by atoms with Crippen LogP contribution in [0.25, 0.3) is 0 Å². The molecule has 0 aliphatic carbocycles. The van der Waals surface area contributed by atoms with Gasteiger partial charge in [0.1, 0.15) is 5.82 Å². The van der Waals surface area contributed by atoms with Crippen molar-refractivity contribution in [1.82, 2.24) is 5.32 Å². The van der Waals surface area contributed by atoms with Gasteiger partial charge in [-0.25, -0.2) is 4.39 Å². The summed E-state index contributed by atoms with van der Waals surface area (Å²) < 4.78 is 18.4. The fourth-order valence-corrected chi connectivity index (χ4v) is 1.63.